The van der Waals surface area contributed by atoms with Crippen LogP contribution in [0.3, 0.4) is 0 Å². The third-order valence-electron chi connectivity index (χ3n) is 6.28. The van der Waals surface area contributed by atoms with Gasteiger partial charge in [0.15, 0.2) is 0 Å². The van der Waals surface area contributed by atoms with Gasteiger partial charge in [-0.3, -0.25) is 4.79 Å². The summed E-state index contributed by atoms with van der Waals surface area (Å²) in [5, 5.41) is 4.11. The Kier molecular flexibility index (Phi) is 5.53. The predicted octanol–water partition coefficient (Wildman–Crippen LogP) is 3.27. The Bertz CT molecular complexity index is 886. The van der Waals surface area contributed by atoms with Crippen molar-refractivity contribution in [2.45, 2.75) is 58.6 Å². The molecule has 3 rings (SSSR count). The number of fused-ring (bicyclic) bond motifs is 1. The van der Waals surface area contributed by atoms with E-state index in [1.165, 1.54) is 12.7 Å². The van der Waals surface area contributed by atoms with Crippen LogP contribution in [-0.2, 0) is 25.5 Å². The number of aromatic amines is 1. The summed E-state index contributed by atoms with van der Waals surface area (Å²) in [5.74, 6) is -0.569. The van der Waals surface area contributed by atoms with Crippen LogP contribution in [0, 0.1) is 12.3 Å². The number of benzene rings is 1. The van der Waals surface area contributed by atoms with Crippen LogP contribution in [0.4, 0.5) is 0 Å². The summed E-state index contributed by atoms with van der Waals surface area (Å²) in [6.07, 6.45) is 3.20. The van der Waals surface area contributed by atoms with Gasteiger partial charge in [-0.05, 0) is 31.4 Å². The zero-order valence-electron chi connectivity index (χ0n) is 17.3. The van der Waals surface area contributed by atoms with Crippen molar-refractivity contribution < 1.29 is 19.1 Å². The van der Waals surface area contributed by atoms with Crippen molar-refractivity contribution in [1.82, 2.24) is 10.3 Å². The molecule has 6 heteroatoms. The predicted molar refractivity (Wildman–Crippen MR) is 108 cm³/mol. The van der Waals surface area contributed by atoms with Gasteiger partial charge in [-0.15, -0.1) is 0 Å². The zero-order valence-corrected chi connectivity index (χ0v) is 17.3. The summed E-state index contributed by atoms with van der Waals surface area (Å²) in [6, 6.07) is 6.14. The maximum absolute atomic E-state index is 12.8. The summed E-state index contributed by atoms with van der Waals surface area (Å²) >= 11 is 0. The van der Waals surface area contributed by atoms with Gasteiger partial charge in [0.2, 0.25) is 5.91 Å². The van der Waals surface area contributed by atoms with Gasteiger partial charge in [-0.25, -0.2) is 4.79 Å². The first-order valence-electron chi connectivity index (χ1n) is 9.83. The highest BCUT2D eigenvalue weighted by molar-refractivity contribution is 5.91. The molecule has 1 aliphatic carbocycles. The van der Waals surface area contributed by atoms with Gasteiger partial charge in [0.05, 0.1) is 13.2 Å². The normalized spacial score (nSPS) is 23.2. The molecule has 152 valence electrons. The number of aromatic nitrogens is 1. The van der Waals surface area contributed by atoms with Crippen LogP contribution in [0.1, 0.15) is 44.7 Å². The van der Waals surface area contributed by atoms with Crippen molar-refractivity contribution in [3.05, 3.63) is 35.5 Å². The van der Waals surface area contributed by atoms with E-state index in [0.717, 1.165) is 16.5 Å². The monoisotopic (exact) mass is 386 g/mol. The van der Waals surface area contributed by atoms with Gasteiger partial charge < -0.3 is 19.8 Å². The van der Waals surface area contributed by atoms with E-state index in [9.17, 15) is 9.59 Å². The average Bonchev–Trinajstić information content (AvgIpc) is 3.09. The molecular weight excluding hydrogens is 356 g/mol. The molecule has 0 spiro atoms. The first kappa shape index (κ1) is 20.4. The van der Waals surface area contributed by atoms with E-state index in [4.69, 9.17) is 9.47 Å². The molecule has 6 nitrogen and oxygen atoms in total. The molecule has 1 aromatic heterocycles. The van der Waals surface area contributed by atoms with Crippen molar-refractivity contribution in [2.24, 2.45) is 5.41 Å². The van der Waals surface area contributed by atoms with Crippen LogP contribution >= 0.6 is 0 Å². The molecule has 2 N–H and O–H groups in total. The molecule has 0 unspecified atom stereocenters. The number of H-pyrrole nitrogens is 1. The number of amides is 1. The summed E-state index contributed by atoms with van der Waals surface area (Å²) in [5.41, 5.74) is 1.79. The number of ether oxygens (including phenoxy) is 2. The highest BCUT2D eigenvalue weighted by Crippen LogP contribution is 2.52. The maximum Gasteiger partial charge on any atom is 0.332 e. The van der Waals surface area contributed by atoms with Gasteiger partial charge in [0.1, 0.15) is 5.54 Å². The molecule has 2 aromatic rings. The van der Waals surface area contributed by atoms with E-state index in [-0.39, 0.29) is 12.0 Å². The number of rotatable bonds is 7. The Morgan fingerprint density at radius 2 is 2.07 bits per heavy atom. The summed E-state index contributed by atoms with van der Waals surface area (Å²) in [7, 11) is 1.36. The van der Waals surface area contributed by atoms with Crippen LogP contribution in [-0.4, -0.2) is 42.2 Å². The second kappa shape index (κ2) is 7.59. The minimum atomic E-state index is -1.05. The van der Waals surface area contributed by atoms with Crippen molar-refractivity contribution >= 4 is 22.8 Å². The Hall–Kier alpha value is -2.34. The van der Waals surface area contributed by atoms with E-state index in [1.807, 2.05) is 33.0 Å². The molecule has 0 bridgehead atoms. The number of esters is 1. The molecule has 0 radical (unpaired) electrons. The van der Waals surface area contributed by atoms with Crippen molar-refractivity contribution in [3.63, 3.8) is 0 Å². The maximum atomic E-state index is 12.8. The molecular formula is C22H30N2O4. The lowest BCUT2D eigenvalue weighted by Crippen LogP contribution is -2.76. The summed E-state index contributed by atoms with van der Waals surface area (Å²) in [4.78, 5) is 28.6. The second-order valence-corrected chi connectivity index (χ2v) is 8.13. The zero-order chi connectivity index (χ0) is 20.5. The lowest BCUT2D eigenvalue weighted by molar-refractivity contribution is -0.197. The van der Waals surface area contributed by atoms with Crippen LogP contribution < -0.4 is 5.32 Å². The van der Waals surface area contributed by atoms with Gasteiger partial charge >= 0.3 is 5.97 Å². The molecule has 1 fully saturated rings. The van der Waals surface area contributed by atoms with Crippen LogP contribution in [0.5, 0.6) is 0 Å². The molecule has 0 aliphatic heterocycles. The van der Waals surface area contributed by atoms with Crippen molar-refractivity contribution in [1.29, 1.82) is 0 Å². The topological polar surface area (TPSA) is 80.4 Å². The van der Waals surface area contributed by atoms with Gasteiger partial charge in [0.25, 0.3) is 0 Å². The van der Waals surface area contributed by atoms with Crippen molar-refractivity contribution in [2.75, 3.05) is 13.7 Å². The number of hydrogen-bond donors (Lipinski definition) is 2. The fourth-order valence-corrected chi connectivity index (χ4v) is 4.31. The molecule has 2 atom stereocenters. The standard InChI is InChI=1S/C22H30N2O4/c1-6-28-17-12-22(20(26)27-5,21(17,3)4)24-18(25)11-10-15-13-23-19-14(2)8-7-9-16(15)19/h7-9,13,17,23H,6,10-12H2,1-5H3,(H,24,25)/t17-,22+/m0/s1. The molecule has 0 saturated heterocycles. The van der Waals surface area contributed by atoms with Gasteiger partial charge in [-0.2, -0.15) is 0 Å². The quantitative estimate of drug-likeness (QED) is 0.716. The Morgan fingerprint density at radius 3 is 2.71 bits per heavy atom. The third-order valence-corrected chi connectivity index (χ3v) is 6.28. The van der Waals surface area contributed by atoms with E-state index in [1.54, 1.807) is 0 Å². The summed E-state index contributed by atoms with van der Waals surface area (Å²) in [6.45, 7) is 8.44. The summed E-state index contributed by atoms with van der Waals surface area (Å²) < 4.78 is 10.8. The Labute approximate surface area is 166 Å². The van der Waals surface area contributed by atoms with E-state index < -0.39 is 16.9 Å². The lowest BCUT2D eigenvalue weighted by atomic mass is 9.54. The number of para-hydroxylation sites is 1. The lowest BCUT2D eigenvalue weighted by Gasteiger charge is -2.58. The van der Waals surface area contributed by atoms with Crippen LogP contribution in [0.2, 0.25) is 0 Å². The molecule has 1 heterocycles. The van der Waals surface area contributed by atoms with Crippen LogP contribution in [0.25, 0.3) is 10.9 Å². The fourth-order valence-electron chi connectivity index (χ4n) is 4.31. The third kappa shape index (κ3) is 3.20. The number of nitrogens with one attached hydrogen (secondary N) is 2. The van der Waals surface area contributed by atoms with Crippen LogP contribution in [0.15, 0.2) is 24.4 Å². The minimum Gasteiger partial charge on any atom is -0.467 e. The number of methoxy groups -OCH3 is 1. The fraction of sp³-hybridized carbons (Fsp3) is 0.545. The number of carbonyl (C=O) groups excluding carboxylic acids is 2. The minimum absolute atomic E-state index is 0.0894. The SMILES string of the molecule is CCO[C@H]1C[C@@](NC(=O)CCc2c[nH]c3c(C)cccc23)(C(=O)OC)C1(C)C. The highest BCUT2D eigenvalue weighted by Gasteiger charge is 2.66. The Morgan fingerprint density at radius 1 is 1.32 bits per heavy atom. The highest BCUT2D eigenvalue weighted by atomic mass is 16.5. The van der Waals surface area contributed by atoms with Gasteiger partial charge in [0, 0.05) is 42.0 Å². The number of hydrogen-bond acceptors (Lipinski definition) is 4. The molecule has 1 saturated carbocycles. The van der Waals surface area contributed by atoms with E-state index >= 15 is 0 Å². The molecule has 1 amide bonds. The first-order chi connectivity index (χ1) is 13.3. The van der Waals surface area contributed by atoms with Crippen molar-refractivity contribution in [3.8, 4) is 0 Å². The average molecular weight is 386 g/mol. The largest absolute Gasteiger partial charge is 0.467 e. The van der Waals surface area contributed by atoms with E-state index in [2.05, 4.69) is 29.4 Å². The van der Waals surface area contributed by atoms with E-state index in [0.29, 0.717) is 25.9 Å². The number of carbonyl (C=O) groups is 2. The van der Waals surface area contributed by atoms with Gasteiger partial charge in [-0.1, -0.05) is 32.0 Å². The molecule has 1 aliphatic rings. The first-order valence-corrected chi connectivity index (χ1v) is 9.83. The number of aryl methyl sites for hydroxylation is 2. The Balaban J connectivity index is 1.71. The molecule has 1 aromatic carbocycles. The smallest absolute Gasteiger partial charge is 0.332 e. The molecule has 28 heavy (non-hydrogen) atoms. The second-order valence-electron chi connectivity index (χ2n) is 8.13.